The van der Waals surface area contributed by atoms with Crippen LogP contribution in [-0.2, 0) is 6.54 Å². The molecule has 0 aliphatic carbocycles. The van der Waals surface area contributed by atoms with Crippen LogP contribution in [-0.4, -0.2) is 29.1 Å². The van der Waals surface area contributed by atoms with Gasteiger partial charge in [-0.1, -0.05) is 25.1 Å². The Labute approximate surface area is 114 Å². The van der Waals surface area contributed by atoms with Gasteiger partial charge in [0.1, 0.15) is 0 Å². The summed E-state index contributed by atoms with van der Waals surface area (Å²) < 4.78 is 2.44. The van der Waals surface area contributed by atoms with Crippen molar-refractivity contribution in [3.05, 3.63) is 41.6 Å². The zero-order valence-electron chi connectivity index (χ0n) is 11.9. The molecule has 2 nitrogen and oxygen atoms in total. The predicted octanol–water partition coefficient (Wildman–Crippen LogP) is 3.30. The van der Waals surface area contributed by atoms with E-state index in [1.54, 1.807) is 0 Å². The maximum absolute atomic E-state index is 2.51. The summed E-state index contributed by atoms with van der Waals surface area (Å²) in [5, 5.41) is 1.41. The lowest BCUT2D eigenvalue weighted by atomic mass is 9.86. The number of aromatic nitrogens is 1. The molecule has 0 saturated heterocycles. The Balaban J connectivity index is 2.03. The van der Waals surface area contributed by atoms with Crippen molar-refractivity contribution in [2.24, 2.45) is 5.92 Å². The zero-order valence-corrected chi connectivity index (χ0v) is 11.9. The van der Waals surface area contributed by atoms with Gasteiger partial charge >= 0.3 is 0 Å². The first-order valence-electron chi connectivity index (χ1n) is 7.16. The van der Waals surface area contributed by atoms with Gasteiger partial charge in [-0.3, -0.25) is 4.90 Å². The number of benzene rings is 1. The maximum atomic E-state index is 2.51. The van der Waals surface area contributed by atoms with Crippen LogP contribution in [0.25, 0.3) is 16.5 Å². The lowest BCUT2D eigenvalue weighted by molar-refractivity contribution is 0.234. The smallest absolute Gasteiger partial charge is 0.0560 e. The fourth-order valence-electron chi connectivity index (χ4n) is 3.84. The molecule has 0 bridgehead atoms. The molecule has 0 radical (unpaired) electrons. The summed E-state index contributed by atoms with van der Waals surface area (Å²) in [7, 11) is 2.26. The van der Waals surface area contributed by atoms with E-state index in [0.29, 0.717) is 12.0 Å². The minimum absolute atomic E-state index is 0.544. The Kier molecular flexibility index (Phi) is 2.22. The van der Waals surface area contributed by atoms with Gasteiger partial charge in [0.25, 0.3) is 0 Å². The highest BCUT2D eigenvalue weighted by Crippen LogP contribution is 2.39. The second-order valence-electron chi connectivity index (χ2n) is 6.22. The monoisotopic (exact) mass is 252 g/mol. The molecule has 0 amide bonds. The Bertz CT molecular complexity index is 693. The van der Waals surface area contributed by atoms with Crippen LogP contribution >= 0.6 is 0 Å². The van der Waals surface area contributed by atoms with Crippen LogP contribution in [0.1, 0.15) is 18.1 Å². The van der Waals surface area contributed by atoms with Crippen LogP contribution in [0.2, 0.25) is 0 Å². The van der Waals surface area contributed by atoms with Crippen molar-refractivity contribution < 1.29 is 0 Å². The Morgan fingerprint density at radius 3 is 2.84 bits per heavy atom. The molecule has 2 heteroatoms. The molecule has 3 heterocycles. The number of aryl methyl sites for hydroxylation is 1. The Hall–Kier alpha value is -1.54. The van der Waals surface area contributed by atoms with E-state index in [9.17, 15) is 0 Å². The van der Waals surface area contributed by atoms with Gasteiger partial charge < -0.3 is 4.57 Å². The van der Waals surface area contributed by atoms with Crippen molar-refractivity contribution in [3.63, 3.8) is 0 Å². The van der Waals surface area contributed by atoms with E-state index in [0.717, 1.165) is 6.54 Å². The van der Waals surface area contributed by atoms with Crippen LogP contribution in [0, 0.1) is 12.8 Å². The van der Waals surface area contributed by atoms with E-state index in [-0.39, 0.29) is 0 Å². The third-order valence-corrected chi connectivity index (χ3v) is 4.76. The normalized spacial score (nSPS) is 26.4. The molecule has 2 aromatic rings. The summed E-state index contributed by atoms with van der Waals surface area (Å²) in [5.41, 5.74) is 5.80. The highest BCUT2D eigenvalue weighted by atomic mass is 15.2. The van der Waals surface area contributed by atoms with Gasteiger partial charge in [-0.05, 0) is 37.1 Å². The van der Waals surface area contributed by atoms with Gasteiger partial charge in [-0.2, -0.15) is 0 Å². The van der Waals surface area contributed by atoms with Crippen molar-refractivity contribution in [1.82, 2.24) is 9.47 Å². The molecule has 2 atom stereocenters. The van der Waals surface area contributed by atoms with Crippen LogP contribution in [0.5, 0.6) is 0 Å². The predicted molar refractivity (Wildman–Crippen MR) is 80.2 cm³/mol. The number of fused-ring (bicyclic) bond motifs is 2. The summed E-state index contributed by atoms with van der Waals surface area (Å²) in [4.78, 5) is 2.51. The average Bonchev–Trinajstić information content (AvgIpc) is 2.79. The van der Waals surface area contributed by atoms with Gasteiger partial charge in [-0.15, -0.1) is 0 Å². The van der Waals surface area contributed by atoms with Crippen LogP contribution in [0.4, 0.5) is 0 Å². The first-order chi connectivity index (χ1) is 9.15. The Morgan fingerprint density at radius 2 is 2.00 bits per heavy atom. The van der Waals surface area contributed by atoms with Gasteiger partial charge in [0.15, 0.2) is 0 Å². The minimum atomic E-state index is 0.544. The van der Waals surface area contributed by atoms with Gasteiger partial charge in [0, 0.05) is 30.2 Å². The van der Waals surface area contributed by atoms with Crippen LogP contribution < -0.4 is 0 Å². The molecule has 2 aliphatic rings. The topological polar surface area (TPSA) is 8.17 Å². The Morgan fingerprint density at radius 1 is 1.16 bits per heavy atom. The molecule has 0 saturated carbocycles. The van der Waals surface area contributed by atoms with Crippen LogP contribution in [0.3, 0.4) is 0 Å². The number of rotatable bonds is 0. The number of nitrogens with zero attached hydrogens (tertiary/aromatic N) is 2. The molecule has 4 rings (SSSR count). The number of hydrogen-bond acceptors (Lipinski definition) is 1. The largest absolute Gasteiger partial charge is 0.345 e. The lowest BCUT2D eigenvalue weighted by Gasteiger charge is -2.39. The van der Waals surface area contributed by atoms with Crippen LogP contribution in [0.15, 0.2) is 30.5 Å². The highest BCUT2D eigenvalue weighted by molar-refractivity contribution is 5.96. The molecule has 19 heavy (non-hydrogen) atoms. The molecular weight excluding hydrogens is 232 g/mol. The van der Waals surface area contributed by atoms with Crippen molar-refractivity contribution in [1.29, 1.82) is 0 Å². The quantitative estimate of drug-likeness (QED) is 0.698. The first-order valence-corrected chi connectivity index (χ1v) is 7.16. The van der Waals surface area contributed by atoms with E-state index < -0.39 is 0 Å². The van der Waals surface area contributed by atoms with Crippen molar-refractivity contribution in [2.75, 3.05) is 13.6 Å². The molecule has 98 valence electrons. The molecule has 0 N–H and O–H groups in total. The van der Waals surface area contributed by atoms with Gasteiger partial charge in [-0.25, -0.2) is 0 Å². The molecule has 0 fully saturated rings. The first kappa shape index (κ1) is 11.3. The molecule has 1 unspecified atom stereocenters. The van der Waals surface area contributed by atoms with E-state index >= 15 is 0 Å². The lowest BCUT2D eigenvalue weighted by Crippen LogP contribution is -2.43. The summed E-state index contributed by atoms with van der Waals surface area (Å²) in [6.45, 7) is 6.78. The standard InChI is InChI=1S/C17H20N2/c1-11-8-15-14-5-4-12(2)13-6-7-19(17(13)14)10-16(15)18(3)9-11/h4-8,11,16H,9-10H2,1-3H3/t11-,16?/m1/s1. The molecule has 1 aromatic heterocycles. The molecular formula is C17H20N2. The van der Waals surface area contributed by atoms with Crippen molar-refractivity contribution in [3.8, 4) is 0 Å². The second-order valence-corrected chi connectivity index (χ2v) is 6.22. The van der Waals surface area contributed by atoms with E-state index in [1.807, 2.05) is 0 Å². The summed E-state index contributed by atoms with van der Waals surface area (Å²) in [6.07, 6.45) is 4.75. The molecule has 2 aliphatic heterocycles. The van der Waals surface area contributed by atoms with Crippen molar-refractivity contribution >= 4 is 16.5 Å². The second kappa shape index (κ2) is 3.73. The SMILES string of the molecule is Cc1ccc2c3c1ccn3CC1C2=C[C@@H](C)CN1C. The van der Waals surface area contributed by atoms with Crippen molar-refractivity contribution in [2.45, 2.75) is 26.4 Å². The molecule has 1 aromatic carbocycles. The summed E-state index contributed by atoms with van der Waals surface area (Å²) in [5.74, 6) is 0.647. The third kappa shape index (κ3) is 1.47. The minimum Gasteiger partial charge on any atom is -0.345 e. The highest BCUT2D eigenvalue weighted by Gasteiger charge is 2.32. The van der Waals surface area contributed by atoms with E-state index in [4.69, 9.17) is 0 Å². The zero-order chi connectivity index (χ0) is 13.1. The van der Waals surface area contributed by atoms with Gasteiger partial charge in [0.2, 0.25) is 0 Å². The van der Waals surface area contributed by atoms with E-state index in [2.05, 4.69) is 60.8 Å². The van der Waals surface area contributed by atoms with Gasteiger partial charge in [0.05, 0.1) is 11.6 Å². The fraction of sp³-hybridized carbons (Fsp3) is 0.412. The number of likely N-dealkylation sites (N-methyl/N-ethyl adjacent to an activating group) is 1. The third-order valence-electron chi connectivity index (χ3n) is 4.76. The maximum Gasteiger partial charge on any atom is 0.0560 e. The molecule has 0 spiro atoms. The fourth-order valence-corrected chi connectivity index (χ4v) is 3.84. The van der Waals surface area contributed by atoms with E-state index in [1.165, 1.54) is 34.1 Å². The number of hydrogen-bond donors (Lipinski definition) is 0. The summed E-state index contributed by atoms with van der Waals surface area (Å²) >= 11 is 0. The average molecular weight is 252 g/mol. The summed E-state index contributed by atoms with van der Waals surface area (Å²) in [6, 6.07) is 7.40.